The molecule has 3 aromatic rings. The van der Waals surface area contributed by atoms with E-state index in [2.05, 4.69) is 113 Å². The van der Waals surface area contributed by atoms with Crippen LogP contribution in [-0.4, -0.2) is 19.6 Å². The van der Waals surface area contributed by atoms with Crippen LogP contribution < -0.4 is 20.9 Å². The average Bonchev–Trinajstić information content (AvgIpc) is 2.82. The SMILES string of the molecule is C=CCNc1ccc(N(c2ccc(NCC=C)cc2)c2ccc(NCC=C)cc2)cc1. The molecule has 3 aromatic carbocycles. The standard InChI is InChI=1S/C27H30N4/c1-4-19-28-22-7-13-25(14-8-22)31(26-15-9-23(10-16-26)29-20-5-2)27-17-11-24(12-18-27)30-21-6-3/h4-18,28-30H,1-3,19-21H2. The molecule has 0 saturated carbocycles. The van der Waals surface area contributed by atoms with E-state index in [9.17, 15) is 0 Å². The van der Waals surface area contributed by atoms with Crippen molar-refractivity contribution in [2.24, 2.45) is 0 Å². The number of rotatable bonds is 12. The Labute approximate surface area is 185 Å². The lowest BCUT2D eigenvalue weighted by Crippen LogP contribution is -2.10. The van der Waals surface area contributed by atoms with Gasteiger partial charge in [0.1, 0.15) is 0 Å². The van der Waals surface area contributed by atoms with Crippen LogP contribution in [0.3, 0.4) is 0 Å². The summed E-state index contributed by atoms with van der Waals surface area (Å²) in [5.74, 6) is 0. The molecule has 3 N–H and O–H groups in total. The molecule has 0 aliphatic heterocycles. The van der Waals surface area contributed by atoms with Crippen molar-refractivity contribution in [2.45, 2.75) is 0 Å². The van der Waals surface area contributed by atoms with Gasteiger partial charge in [0.05, 0.1) is 0 Å². The number of hydrogen-bond donors (Lipinski definition) is 3. The van der Waals surface area contributed by atoms with Gasteiger partial charge in [-0.05, 0) is 72.8 Å². The van der Waals surface area contributed by atoms with Gasteiger partial charge in [0, 0.05) is 53.8 Å². The molecule has 0 aliphatic rings. The molecule has 0 heterocycles. The van der Waals surface area contributed by atoms with Gasteiger partial charge in [-0.1, -0.05) is 18.2 Å². The quantitative estimate of drug-likeness (QED) is 0.283. The largest absolute Gasteiger partial charge is 0.382 e. The Balaban J connectivity index is 1.92. The Bertz CT molecular complexity index is 841. The maximum Gasteiger partial charge on any atom is 0.0463 e. The van der Waals surface area contributed by atoms with Crippen LogP contribution in [0.25, 0.3) is 0 Å². The topological polar surface area (TPSA) is 39.3 Å². The second-order valence-electron chi connectivity index (χ2n) is 6.98. The van der Waals surface area contributed by atoms with E-state index >= 15 is 0 Å². The molecule has 0 atom stereocenters. The smallest absolute Gasteiger partial charge is 0.0463 e. The third kappa shape index (κ3) is 6.03. The fraction of sp³-hybridized carbons (Fsp3) is 0.111. The van der Waals surface area contributed by atoms with Crippen LogP contribution in [-0.2, 0) is 0 Å². The fourth-order valence-electron chi connectivity index (χ4n) is 3.20. The molecule has 158 valence electrons. The summed E-state index contributed by atoms with van der Waals surface area (Å²) in [6, 6.07) is 25.3. The van der Waals surface area contributed by atoms with Gasteiger partial charge in [0.2, 0.25) is 0 Å². The Kier molecular flexibility index (Phi) is 7.95. The zero-order valence-corrected chi connectivity index (χ0v) is 17.9. The zero-order valence-electron chi connectivity index (χ0n) is 17.9. The van der Waals surface area contributed by atoms with E-state index < -0.39 is 0 Å². The van der Waals surface area contributed by atoms with E-state index in [0.29, 0.717) is 0 Å². The first-order chi connectivity index (χ1) is 15.2. The van der Waals surface area contributed by atoms with Crippen molar-refractivity contribution < 1.29 is 0 Å². The summed E-state index contributed by atoms with van der Waals surface area (Å²) in [6.07, 6.45) is 5.55. The average molecular weight is 411 g/mol. The lowest BCUT2D eigenvalue weighted by Gasteiger charge is -2.26. The summed E-state index contributed by atoms with van der Waals surface area (Å²) in [5.41, 5.74) is 6.46. The molecule has 0 amide bonds. The molecular formula is C27H30N4. The van der Waals surface area contributed by atoms with E-state index in [0.717, 1.165) is 53.8 Å². The van der Waals surface area contributed by atoms with E-state index in [4.69, 9.17) is 0 Å². The molecule has 3 rings (SSSR count). The Morgan fingerprint density at radius 1 is 0.484 bits per heavy atom. The monoisotopic (exact) mass is 410 g/mol. The maximum absolute atomic E-state index is 3.76. The normalized spacial score (nSPS) is 10.1. The lowest BCUT2D eigenvalue weighted by molar-refractivity contribution is 1.26. The van der Waals surface area contributed by atoms with E-state index in [1.54, 1.807) is 0 Å². The van der Waals surface area contributed by atoms with Gasteiger partial charge < -0.3 is 20.9 Å². The zero-order chi connectivity index (χ0) is 21.9. The van der Waals surface area contributed by atoms with E-state index in [-0.39, 0.29) is 0 Å². The van der Waals surface area contributed by atoms with Crippen molar-refractivity contribution in [3.05, 3.63) is 111 Å². The van der Waals surface area contributed by atoms with Gasteiger partial charge in [0.15, 0.2) is 0 Å². The van der Waals surface area contributed by atoms with Crippen molar-refractivity contribution in [2.75, 3.05) is 40.5 Å². The molecule has 0 aliphatic carbocycles. The van der Waals surface area contributed by atoms with Gasteiger partial charge in [-0.3, -0.25) is 0 Å². The maximum atomic E-state index is 3.76. The minimum absolute atomic E-state index is 0.738. The molecule has 0 unspecified atom stereocenters. The summed E-state index contributed by atoms with van der Waals surface area (Å²) in [4.78, 5) is 2.24. The fourth-order valence-corrected chi connectivity index (χ4v) is 3.20. The van der Waals surface area contributed by atoms with Crippen molar-refractivity contribution >= 4 is 34.1 Å². The number of nitrogens with one attached hydrogen (secondary N) is 3. The van der Waals surface area contributed by atoms with Crippen LogP contribution >= 0.6 is 0 Å². The highest BCUT2D eigenvalue weighted by atomic mass is 15.1. The van der Waals surface area contributed by atoms with Crippen LogP contribution in [0.15, 0.2) is 111 Å². The summed E-state index contributed by atoms with van der Waals surface area (Å²) < 4.78 is 0. The Morgan fingerprint density at radius 2 is 0.742 bits per heavy atom. The predicted octanol–water partition coefficient (Wildman–Crippen LogP) is 6.95. The summed E-state index contributed by atoms with van der Waals surface area (Å²) in [5, 5.41) is 9.97. The van der Waals surface area contributed by atoms with E-state index in [1.165, 1.54) is 0 Å². The molecule has 0 saturated heterocycles. The van der Waals surface area contributed by atoms with Gasteiger partial charge in [-0.15, -0.1) is 19.7 Å². The van der Waals surface area contributed by atoms with Crippen molar-refractivity contribution in [1.82, 2.24) is 0 Å². The number of nitrogens with zero attached hydrogens (tertiary/aromatic N) is 1. The molecule has 4 nitrogen and oxygen atoms in total. The van der Waals surface area contributed by atoms with Crippen LogP contribution in [0.2, 0.25) is 0 Å². The van der Waals surface area contributed by atoms with Crippen molar-refractivity contribution in [3.63, 3.8) is 0 Å². The second kappa shape index (κ2) is 11.3. The molecular weight excluding hydrogens is 380 g/mol. The highest BCUT2D eigenvalue weighted by Crippen LogP contribution is 2.36. The number of hydrogen-bond acceptors (Lipinski definition) is 4. The molecule has 0 spiro atoms. The first kappa shape index (κ1) is 21.8. The molecule has 0 fully saturated rings. The summed E-state index contributed by atoms with van der Waals surface area (Å²) in [7, 11) is 0. The van der Waals surface area contributed by atoms with Crippen molar-refractivity contribution in [3.8, 4) is 0 Å². The van der Waals surface area contributed by atoms with E-state index in [1.807, 2.05) is 18.2 Å². The van der Waals surface area contributed by atoms with Crippen molar-refractivity contribution in [1.29, 1.82) is 0 Å². The minimum Gasteiger partial charge on any atom is -0.382 e. The van der Waals surface area contributed by atoms with Gasteiger partial charge in [-0.2, -0.15) is 0 Å². The first-order valence-electron chi connectivity index (χ1n) is 10.4. The Hall–Kier alpha value is -3.92. The Morgan fingerprint density at radius 3 is 0.968 bits per heavy atom. The number of anilines is 6. The lowest BCUT2D eigenvalue weighted by atomic mass is 10.1. The van der Waals surface area contributed by atoms with Crippen LogP contribution in [0.5, 0.6) is 0 Å². The third-order valence-electron chi connectivity index (χ3n) is 4.73. The minimum atomic E-state index is 0.738. The highest BCUT2D eigenvalue weighted by Gasteiger charge is 2.12. The highest BCUT2D eigenvalue weighted by molar-refractivity contribution is 5.78. The molecule has 31 heavy (non-hydrogen) atoms. The van der Waals surface area contributed by atoms with Gasteiger partial charge in [-0.25, -0.2) is 0 Å². The van der Waals surface area contributed by atoms with Crippen LogP contribution in [0, 0.1) is 0 Å². The molecule has 0 radical (unpaired) electrons. The van der Waals surface area contributed by atoms with Crippen LogP contribution in [0.4, 0.5) is 34.1 Å². The molecule has 0 aromatic heterocycles. The first-order valence-corrected chi connectivity index (χ1v) is 10.4. The predicted molar refractivity (Wildman–Crippen MR) is 137 cm³/mol. The second-order valence-corrected chi connectivity index (χ2v) is 6.98. The van der Waals surface area contributed by atoms with Crippen LogP contribution in [0.1, 0.15) is 0 Å². The number of benzene rings is 3. The van der Waals surface area contributed by atoms with Gasteiger partial charge >= 0.3 is 0 Å². The summed E-state index contributed by atoms with van der Waals surface area (Å²) >= 11 is 0. The van der Waals surface area contributed by atoms with Gasteiger partial charge in [0.25, 0.3) is 0 Å². The molecule has 4 heteroatoms. The third-order valence-corrected chi connectivity index (χ3v) is 4.73. The molecule has 0 bridgehead atoms. The summed E-state index contributed by atoms with van der Waals surface area (Å²) in [6.45, 7) is 13.5.